The summed E-state index contributed by atoms with van der Waals surface area (Å²) < 4.78 is 0.390. The van der Waals surface area contributed by atoms with Gasteiger partial charge in [0.15, 0.2) is 0 Å². The van der Waals surface area contributed by atoms with E-state index in [4.69, 9.17) is 5.11 Å². The van der Waals surface area contributed by atoms with Crippen LogP contribution in [0.15, 0.2) is 16.6 Å². The van der Waals surface area contributed by atoms with E-state index >= 15 is 0 Å². The Labute approximate surface area is 113 Å². The van der Waals surface area contributed by atoms with Gasteiger partial charge in [0.1, 0.15) is 4.47 Å². The van der Waals surface area contributed by atoms with E-state index in [0.29, 0.717) is 16.2 Å². The minimum absolute atomic E-state index is 0.156. The largest absolute Gasteiger partial charge is 0.396 e. The molecule has 0 atom stereocenters. The quantitative estimate of drug-likeness (QED) is 0.681. The van der Waals surface area contributed by atoms with Crippen LogP contribution in [0.2, 0.25) is 0 Å². The molecule has 1 aliphatic rings. The van der Waals surface area contributed by atoms with Crippen LogP contribution in [-0.2, 0) is 0 Å². The topological polar surface area (TPSA) is 79.5 Å². The highest BCUT2D eigenvalue weighted by molar-refractivity contribution is 9.10. The molecule has 0 bridgehead atoms. The van der Waals surface area contributed by atoms with Crippen molar-refractivity contribution in [1.29, 1.82) is 0 Å². The molecule has 0 aliphatic carbocycles. The average Bonchev–Trinajstić information content (AvgIpc) is 2.39. The van der Waals surface area contributed by atoms with Crippen LogP contribution >= 0.6 is 15.9 Å². The number of aliphatic hydroxyl groups is 1. The molecule has 2 rings (SSSR count). The molecule has 0 amide bonds. The SMILES string of the molecule is O=[N+]([O-])c1nc(N2CCC(CO)CC2)ccc1Br. The first-order valence-electron chi connectivity index (χ1n) is 5.78. The van der Waals surface area contributed by atoms with E-state index in [9.17, 15) is 10.1 Å². The first-order chi connectivity index (χ1) is 8.61. The van der Waals surface area contributed by atoms with Crippen molar-refractivity contribution in [1.82, 2.24) is 4.98 Å². The van der Waals surface area contributed by atoms with Crippen molar-refractivity contribution in [3.8, 4) is 0 Å². The Morgan fingerprint density at radius 1 is 1.50 bits per heavy atom. The first kappa shape index (κ1) is 13.2. The molecular weight excluding hydrogens is 302 g/mol. The van der Waals surface area contributed by atoms with Crippen LogP contribution in [-0.4, -0.2) is 34.7 Å². The smallest absolute Gasteiger partial charge is 0.380 e. The standard InChI is InChI=1S/C11H14BrN3O3/c12-9-1-2-10(13-11(9)15(17)18)14-5-3-8(7-16)4-6-14/h1-2,8,16H,3-7H2. The summed E-state index contributed by atoms with van der Waals surface area (Å²) in [6, 6.07) is 3.43. The number of rotatable bonds is 3. The molecule has 0 saturated carbocycles. The van der Waals surface area contributed by atoms with Crippen molar-refractivity contribution < 1.29 is 10.0 Å². The highest BCUT2D eigenvalue weighted by Gasteiger charge is 2.24. The summed E-state index contributed by atoms with van der Waals surface area (Å²) >= 11 is 3.12. The molecule has 0 unspecified atom stereocenters. The summed E-state index contributed by atoms with van der Waals surface area (Å²) in [5.74, 6) is 0.810. The highest BCUT2D eigenvalue weighted by Crippen LogP contribution is 2.28. The van der Waals surface area contributed by atoms with Gasteiger partial charge in [-0.05, 0) is 50.7 Å². The van der Waals surface area contributed by atoms with Crippen LogP contribution in [0.5, 0.6) is 0 Å². The molecule has 1 fully saturated rings. The van der Waals surface area contributed by atoms with E-state index in [1.54, 1.807) is 12.1 Å². The monoisotopic (exact) mass is 315 g/mol. The number of aromatic nitrogens is 1. The van der Waals surface area contributed by atoms with E-state index < -0.39 is 4.92 Å². The third kappa shape index (κ3) is 2.78. The number of pyridine rings is 1. The summed E-state index contributed by atoms with van der Waals surface area (Å²) in [5, 5.41) is 19.9. The molecule has 18 heavy (non-hydrogen) atoms. The fourth-order valence-electron chi connectivity index (χ4n) is 2.07. The van der Waals surface area contributed by atoms with Crippen LogP contribution in [0, 0.1) is 16.0 Å². The average molecular weight is 316 g/mol. The predicted molar refractivity (Wildman–Crippen MR) is 70.6 cm³/mol. The van der Waals surface area contributed by atoms with Crippen LogP contribution < -0.4 is 4.90 Å². The summed E-state index contributed by atoms with van der Waals surface area (Å²) in [4.78, 5) is 16.4. The molecule has 1 N–H and O–H groups in total. The van der Waals surface area contributed by atoms with Gasteiger partial charge in [-0.15, -0.1) is 0 Å². The maximum atomic E-state index is 10.8. The van der Waals surface area contributed by atoms with Crippen LogP contribution in [0.3, 0.4) is 0 Å². The van der Waals surface area contributed by atoms with Gasteiger partial charge in [0.25, 0.3) is 0 Å². The molecule has 1 aromatic rings. The molecule has 2 heterocycles. The van der Waals surface area contributed by atoms with Gasteiger partial charge < -0.3 is 20.1 Å². The summed E-state index contributed by atoms with van der Waals surface area (Å²) in [6.07, 6.45) is 1.78. The number of hydrogen-bond acceptors (Lipinski definition) is 5. The number of halogens is 1. The normalized spacial score (nSPS) is 16.9. The Kier molecular flexibility index (Phi) is 4.13. The van der Waals surface area contributed by atoms with Gasteiger partial charge in [-0.1, -0.05) is 0 Å². The number of piperidine rings is 1. The first-order valence-corrected chi connectivity index (χ1v) is 6.58. The summed E-state index contributed by atoms with van der Waals surface area (Å²) in [7, 11) is 0. The second-order valence-corrected chi connectivity index (χ2v) is 5.20. The number of anilines is 1. The van der Waals surface area contributed by atoms with Crippen molar-refractivity contribution in [2.75, 3.05) is 24.6 Å². The molecule has 0 radical (unpaired) electrons. The van der Waals surface area contributed by atoms with Gasteiger partial charge in [0.2, 0.25) is 5.82 Å². The van der Waals surface area contributed by atoms with E-state index in [0.717, 1.165) is 25.9 Å². The lowest BCUT2D eigenvalue weighted by molar-refractivity contribution is -0.390. The van der Waals surface area contributed by atoms with Gasteiger partial charge in [-0.2, -0.15) is 0 Å². The van der Waals surface area contributed by atoms with Crippen molar-refractivity contribution in [2.24, 2.45) is 5.92 Å². The highest BCUT2D eigenvalue weighted by atomic mass is 79.9. The molecule has 1 aromatic heterocycles. The fourth-order valence-corrected chi connectivity index (χ4v) is 2.44. The summed E-state index contributed by atoms with van der Waals surface area (Å²) in [5.41, 5.74) is 0. The van der Waals surface area contributed by atoms with Gasteiger partial charge in [-0.3, -0.25) is 0 Å². The maximum Gasteiger partial charge on any atom is 0.380 e. The Morgan fingerprint density at radius 3 is 2.72 bits per heavy atom. The zero-order chi connectivity index (χ0) is 13.1. The molecule has 1 saturated heterocycles. The molecule has 1 aliphatic heterocycles. The Hall–Kier alpha value is -1.21. The summed E-state index contributed by atoms with van der Waals surface area (Å²) in [6.45, 7) is 1.76. The zero-order valence-corrected chi connectivity index (χ0v) is 11.3. The van der Waals surface area contributed by atoms with Crippen LogP contribution in [0.25, 0.3) is 0 Å². The molecule has 7 heteroatoms. The van der Waals surface area contributed by atoms with E-state index in [1.807, 2.05) is 4.90 Å². The number of nitrogens with zero attached hydrogens (tertiary/aromatic N) is 3. The number of hydrogen-bond donors (Lipinski definition) is 1. The van der Waals surface area contributed by atoms with Crippen LogP contribution in [0.4, 0.5) is 11.6 Å². The lowest BCUT2D eigenvalue weighted by atomic mass is 9.98. The van der Waals surface area contributed by atoms with Crippen molar-refractivity contribution in [3.05, 3.63) is 26.7 Å². The van der Waals surface area contributed by atoms with E-state index in [2.05, 4.69) is 20.9 Å². The Bertz CT molecular complexity index is 447. The molecule has 6 nitrogen and oxygen atoms in total. The molecule has 0 aromatic carbocycles. The van der Waals surface area contributed by atoms with Crippen LogP contribution in [0.1, 0.15) is 12.8 Å². The van der Waals surface area contributed by atoms with Crippen molar-refractivity contribution in [3.63, 3.8) is 0 Å². The van der Waals surface area contributed by atoms with E-state index in [-0.39, 0.29) is 12.4 Å². The maximum absolute atomic E-state index is 10.8. The molecule has 0 spiro atoms. The Balaban J connectivity index is 2.15. The molecular formula is C11H14BrN3O3. The number of nitro groups is 1. The number of aliphatic hydroxyl groups excluding tert-OH is 1. The third-order valence-corrected chi connectivity index (χ3v) is 3.80. The fraction of sp³-hybridized carbons (Fsp3) is 0.545. The predicted octanol–water partition coefficient (Wildman–Crippen LogP) is 1.96. The van der Waals surface area contributed by atoms with Gasteiger partial charge in [-0.25, -0.2) is 0 Å². The third-order valence-electron chi connectivity index (χ3n) is 3.18. The minimum Gasteiger partial charge on any atom is -0.396 e. The lowest BCUT2D eigenvalue weighted by Gasteiger charge is -2.30. The lowest BCUT2D eigenvalue weighted by Crippen LogP contribution is -2.35. The second-order valence-electron chi connectivity index (χ2n) is 4.34. The van der Waals surface area contributed by atoms with Gasteiger partial charge in [0, 0.05) is 25.8 Å². The molecule has 98 valence electrons. The van der Waals surface area contributed by atoms with Gasteiger partial charge >= 0.3 is 5.82 Å². The van der Waals surface area contributed by atoms with Crippen molar-refractivity contribution >= 4 is 27.6 Å². The second kappa shape index (κ2) is 5.62. The van der Waals surface area contributed by atoms with Gasteiger partial charge in [0.05, 0.1) is 0 Å². The Morgan fingerprint density at radius 2 is 2.17 bits per heavy atom. The minimum atomic E-state index is -0.492. The zero-order valence-electron chi connectivity index (χ0n) is 9.75. The van der Waals surface area contributed by atoms with E-state index in [1.165, 1.54) is 0 Å². The van der Waals surface area contributed by atoms with Crippen molar-refractivity contribution in [2.45, 2.75) is 12.8 Å².